The fourth-order valence-corrected chi connectivity index (χ4v) is 1.36. The van der Waals surface area contributed by atoms with Crippen molar-refractivity contribution in [3.8, 4) is 5.75 Å². The minimum atomic E-state index is -1.00. The molecule has 0 saturated carbocycles. The molecule has 0 aliphatic carbocycles. The number of ether oxygens (including phenoxy) is 1. The van der Waals surface area contributed by atoms with E-state index in [1.165, 1.54) is 7.11 Å². The summed E-state index contributed by atoms with van der Waals surface area (Å²) in [5, 5.41) is 17.6. The zero-order valence-electron chi connectivity index (χ0n) is 8.56. The first-order valence-corrected chi connectivity index (χ1v) is 4.70. The van der Waals surface area contributed by atoms with Crippen molar-refractivity contribution >= 4 is 5.97 Å². The number of rotatable bonds is 5. The maximum atomic E-state index is 10.9. The van der Waals surface area contributed by atoms with Crippen molar-refractivity contribution in [1.82, 2.24) is 0 Å². The Morgan fingerprint density at radius 3 is 2.73 bits per heavy atom. The van der Waals surface area contributed by atoms with Gasteiger partial charge in [-0.2, -0.15) is 0 Å². The van der Waals surface area contributed by atoms with Gasteiger partial charge in [0.05, 0.1) is 7.11 Å². The van der Waals surface area contributed by atoms with Gasteiger partial charge in [-0.15, -0.1) is 0 Å². The van der Waals surface area contributed by atoms with Crippen molar-refractivity contribution in [2.24, 2.45) is 0 Å². The maximum Gasteiger partial charge on any atom is 0.339 e. The maximum absolute atomic E-state index is 10.9. The number of carboxylic acids is 1. The highest BCUT2D eigenvalue weighted by Gasteiger charge is 2.10. The number of benzene rings is 1. The van der Waals surface area contributed by atoms with Crippen molar-refractivity contribution in [3.05, 3.63) is 29.3 Å². The van der Waals surface area contributed by atoms with Gasteiger partial charge in [-0.05, 0) is 30.5 Å². The van der Waals surface area contributed by atoms with Crippen LogP contribution in [0.3, 0.4) is 0 Å². The van der Waals surface area contributed by atoms with Crippen LogP contribution in [0.5, 0.6) is 5.75 Å². The van der Waals surface area contributed by atoms with E-state index >= 15 is 0 Å². The highest BCUT2D eigenvalue weighted by molar-refractivity contribution is 5.91. The van der Waals surface area contributed by atoms with E-state index in [0.717, 1.165) is 5.56 Å². The summed E-state index contributed by atoms with van der Waals surface area (Å²) in [6.45, 7) is 0.106. The minimum Gasteiger partial charge on any atom is -0.496 e. The molecule has 0 bridgehead atoms. The lowest BCUT2D eigenvalue weighted by atomic mass is 10.1. The standard InChI is InChI=1S/C11H14O4/c1-15-10-5-4-8(3-2-6-12)7-9(10)11(13)14/h4-5,7,12H,2-3,6H2,1H3,(H,13,14). The van der Waals surface area contributed by atoms with Gasteiger partial charge in [-0.1, -0.05) is 6.07 Å². The van der Waals surface area contributed by atoms with E-state index in [0.29, 0.717) is 18.6 Å². The first-order chi connectivity index (χ1) is 7.19. The zero-order chi connectivity index (χ0) is 11.3. The van der Waals surface area contributed by atoms with E-state index < -0.39 is 5.97 Å². The van der Waals surface area contributed by atoms with Crippen LogP contribution in [-0.4, -0.2) is 29.9 Å². The second kappa shape index (κ2) is 5.36. The molecule has 0 amide bonds. The summed E-state index contributed by atoms with van der Waals surface area (Å²) in [4.78, 5) is 10.9. The fourth-order valence-electron chi connectivity index (χ4n) is 1.36. The molecule has 0 saturated heterocycles. The van der Waals surface area contributed by atoms with Crippen molar-refractivity contribution in [2.45, 2.75) is 12.8 Å². The van der Waals surface area contributed by atoms with Gasteiger partial charge in [0.2, 0.25) is 0 Å². The van der Waals surface area contributed by atoms with Crippen LogP contribution in [0.15, 0.2) is 18.2 Å². The van der Waals surface area contributed by atoms with Crippen molar-refractivity contribution < 1.29 is 19.7 Å². The molecule has 0 spiro atoms. The SMILES string of the molecule is COc1ccc(CCCO)cc1C(=O)O. The Balaban J connectivity index is 2.94. The molecule has 0 aromatic heterocycles. The van der Waals surface area contributed by atoms with Crippen LogP contribution >= 0.6 is 0 Å². The number of aryl methyl sites for hydroxylation is 1. The van der Waals surface area contributed by atoms with Crippen LogP contribution in [0.1, 0.15) is 22.3 Å². The summed E-state index contributed by atoms with van der Waals surface area (Å²) < 4.78 is 4.94. The highest BCUT2D eigenvalue weighted by Crippen LogP contribution is 2.20. The molecule has 4 heteroatoms. The van der Waals surface area contributed by atoms with Gasteiger partial charge >= 0.3 is 5.97 Å². The normalized spacial score (nSPS) is 10.0. The van der Waals surface area contributed by atoms with Gasteiger partial charge in [0.1, 0.15) is 11.3 Å². The lowest BCUT2D eigenvalue weighted by Crippen LogP contribution is -2.02. The molecule has 15 heavy (non-hydrogen) atoms. The number of aliphatic hydroxyl groups is 1. The Hall–Kier alpha value is -1.55. The van der Waals surface area contributed by atoms with E-state index in [9.17, 15) is 4.79 Å². The largest absolute Gasteiger partial charge is 0.496 e. The molecule has 4 nitrogen and oxygen atoms in total. The molecule has 0 fully saturated rings. The Morgan fingerprint density at radius 1 is 1.47 bits per heavy atom. The van der Waals surface area contributed by atoms with Crippen LogP contribution in [0.25, 0.3) is 0 Å². The van der Waals surface area contributed by atoms with Crippen LogP contribution in [0.4, 0.5) is 0 Å². The molecule has 0 unspecified atom stereocenters. The number of methoxy groups -OCH3 is 1. The van der Waals surface area contributed by atoms with E-state index in [1.807, 2.05) is 0 Å². The number of aliphatic hydroxyl groups excluding tert-OH is 1. The predicted molar refractivity (Wildman–Crippen MR) is 55.4 cm³/mol. The number of carbonyl (C=O) groups is 1. The van der Waals surface area contributed by atoms with Crippen LogP contribution in [0.2, 0.25) is 0 Å². The van der Waals surface area contributed by atoms with Gasteiger partial charge in [-0.25, -0.2) is 4.79 Å². The molecule has 82 valence electrons. The molecular weight excluding hydrogens is 196 g/mol. The monoisotopic (exact) mass is 210 g/mol. The van der Waals surface area contributed by atoms with Crippen molar-refractivity contribution in [3.63, 3.8) is 0 Å². The summed E-state index contributed by atoms with van der Waals surface area (Å²) in [6, 6.07) is 5.02. The third-order valence-electron chi connectivity index (χ3n) is 2.12. The van der Waals surface area contributed by atoms with Gasteiger partial charge < -0.3 is 14.9 Å². The number of aromatic carboxylic acids is 1. The fraction of sp³-hybridized carbons (Fsp3) is 0.364. The molecule has 0 aliphatic heterocycles. The Labute approximate surface area is 88.1 Å². The zero-order valence-corrected chi connectivity index (χ0v) is 8.56. The molecule has 1 aromatic carbocycles. The summed E-state index contributed by atoms with van der Waals surface area (Å²) >= 11 is 0. The Bertz CT molecular complexity index is 346. The summed E-state index contributed by atoms with van der Waals surface area (Å²) in [6.07, 6.45) is 1.30. The second-order valence-corrected chi connectivity index (χ2v) is 3.17. The molecule has 0 atom stereocenters. The van der Waals surface area contributed by atoms with Gasteiger partial charge in [0.15, 0.2) is 0 Å². The van der Waals surface area contributed by atoms with Gasteiger partial charge in [-0.3, -0.25) is 0 Å². The second-order valence-electron chi connectivity index (χ2n) is 3.17. The molecule has 2 N–H and O–H groups in total. The Kier molecular flexibility index (Phi) is 4.12. The molecule has 0 radical (unpaired) electrons. The lowest BCUT2D eigenvalue weighted by molar-refractivity contribution is 0.0693. The predicted octanol–water partition coefficient (Wildman–Crippen LogP) is 1.32. The molecular formula is C11H14O4. The lowest BCUT2D eigenvalue weighted by Gasteiger charge is -2.07. The van der Waals surface area contributed by atoms with Crippen LogP contribution < -0.4 is 4.74 Å². The number of hydrogen-bond donors (Lipinski definition) is 2. The first-order valence-electron chi connectivity index (χ1n) is 4.70. The first kappa shape index (κ1) is 11.5. The highest BCUT2D eigenvalue weighted by atomic mass is 16.5. The van der Waals surface area contributed by atoms with E-state index in [4.69, 9.17) is 14.9 Å². The Morgan fingerprint density at radius 2 is 2.20 bits per heavy atom. The van der Waals surface area contributed by atoms with E-state index in [1.54, 1.807) is 18.2 Å². The smallest absolute Gasteiger partial charge is 0.339 e. The topological polar surface area (TPSA) is 66.8 Å². The molecule has 0 heterocycles. The van der Waals surface area contributed by atoms with E-state index in [-0.39, 0.29) is 12.2 Å². The third-order valence-corrected chi connectivity index (χ3v) is 2.12. The molecule has 1 rings (SSSR count). The van der Waals surface area contributed by atoms with Gasteiger partial charge in [0.25, 0.3) is 0 Å². The van der Waals surface area contributed by atoms with Crippen LogP contribution in [0, 0.1) is 0 Å². The van der Waals surface area contributed by atoms with Crippen LogP contribution in [-0.2, 0) is 6.42 Å². The van der Waals surface area contributed by atoms with E-state index in [2.05, 4.69) is 0 Å². The average molecular weight is 210 g/mol. The summed E-state index contributed by atoms with van der Waals surface area (Å²) in [5.74, 6) is -0.645. The minimum absolute atomic E-state index is 0.106. The average Bonchev–Trinajstić information content (AvgIpc) is 2.25. The summed E-state index contributed by atoms with van der Waals surface area (Å²) in [5.41, 5.74) is 1.05. The van der Waals surface area contributed by atoms with Crippen molar-refractivity contribution in [1.29, 1.82) is 0 Å². The molecule has 0 aliphatic rings. The molecule has 1 aromatic rings. The third kappa shape index (κ3) is 2.95. The number of carboxylic acid groups (broad SMARTS) is 1. The van der Waals surface area contributed by atoms with Gasteiger partial charge in [0, 0.05) is 6.61 Å². The quantitative estimate of drug-likeness (QED) is 0.769. The number of hydrogen-bond acceptors (Lipinski definition) is 3. The van der Waals surface area contributed by atoms with Crippen molar-refractivity contribution in [2.75, 3.05) is 13.7 Å². The summed E-state index contributed by atoms with van der Waals surface area (Å²) in [7, 11) is 1.44.